The third kappa shape index (κ3) is 4.43. The lowest BCUT2D eigenvalue weighted by Gasteiger charge is -2.12. The van der Waals surface area contributed by atoms with Gasteiger partial charge in [-0.3, -0.25) is 15.6 Å². The minimum atomic E-state index is -0.317. The highest BCUT2D eigenvalue weighted by molar-refractivity contribution is 7.99. The zero-order valence-electron chi connectivity index (χ0n) is 11.5. The van der Waals surface area contributed by atoms with E-state index in [0.717, 1.165) is 10.8 Å². The van der Waals surface area contributed by atoms with E-state index in [0.29, 0.717) is 26.3 Å². The number of carbonyl (C=O) groups is 1. The van der Waals surface area contributed by atoms with Crippen molar-refractivity contribution in [3.8, 4) is 0 Å². The van der Waals surface area contributed by atoms with Gasteiger partial charge in [-0.25, -0.2) is 4.98 Å². The van der Waals surface area contributed by atoms with Gasteiger partial charge in [0.2, 0.25) is 0 Å². The Morgan fingerprint density at radius 2 is 1.91 bits per heavy atom. The van der Waals surface area contributed by atoms with Gasteiger partial charge >= 0.3 is 0 Å². The molecule has 0 fully saturated rings. The van der Waals surface area contributed by atoms with Gasteiger partial charge in [0, 0.05) is 16.8 Å². The van der Waals surface area contributed by atoms with Crippen LogP contribution in [0.15, 0.2) is 35.5 Å². The third-order valence-electron chi connectivity index (χ3n) is 2.60. The van der Waals surface area contributed by atoms with Crippen molar-refractivity contribution in [1.29, 1.82) is 0 Å². The largest absolute Gasteiger partial charge is 0.295 e. The van der Waals surface area contributed by atoms with Crippen molar-refractivity contribution in [2.45, 2.75) is 11.9 Å². The maximum absolute atomic E-state index is 12.1. The monoisotopic (exact) mass is 375 g/mol. The fourth-order valence-electron chi connectivity index (χ4n) is 1.63. The van der Waals surface area contributed by atoms with Gasteiger partial charge in [0.1, 0.15) is 0 Å². The number of nitrogens with zero attached hydrogens (tertiary/aromatic N) is 1. The predicted octanol–water partition coefficient (Wildman–Crippen LogP) is 4.91. The van der Waals surface area contributed by atoms with Gasteiger partial charge in [-0.1, -0.05) is 41.7 Å². The predicted molar refractivity (Wildman–Crippen MR) is 93.2 cm³/mol. The number of hydrogen-bond acceptors (Lipinski definition) is 4. The fraction of sp³-hybridized carbons (Fsp3) is 0.143. The van der Waals surface area contributed by atoms with Crippen molar-refractivity contribution in [3.05, 3.63) is 51.1 Å². The normalized spacial score (nSPS) is 10.4. The summed E-state index contributed by atoms with van der Waals surface area (Å²) in [5, 5.41) is 1.84. The quantitative estimate of drug-likeness (QED) is 0.575. The number of nitrogens with one attached hydrogen (secondary N) is 2. The standard InChI is InChI=1S/C14H12Cl3N3OS/c1-2-22-12-5-8(3-4-18-12)14(21)20-19-13-10(16)6-9(15)7-11(13)17/h3-7,19H,2H2,1H3,(H,20,21). The molecular formula is C14H12Cl3N3OS. The Bertz CT molecular complexity index is 674. The summed E-state index contributed by atoms with van der Waals surface area (Å²) in [4.78, 5) is 16.3. The highest BCUT2D eigenvalue weighted by atomic mass is 35.5. The molecule has 0 unspecified atom stereocenters. The summed E-state index contributed by atoms with van der Waals surface area (Å²) in [5.74, 6) is 0.564. The molecule has 22 heavy (non-hydrogen) atoms. The third-order valence-corrected chi connectivity index (χ3v) is 4.22. The van der Waals surface area contributed by atoms with Crippen molar-refractivity contribution in [3.63, 3.8) is 0 Å². The van der Waals surface area contributed by atoms with E-state index in [9.17, 15) is 4.79 Å². The van der Waals surface area contributed by atoms with E-state index in [-0.39, 0.29) is 5.91 Å². The first-order chi connectivity index (χ1) is 10.5. The molecule has 0 aliphatic carbocycles. The molecule has 0 aliphatic rings. The summed E-state index contributed by atoms with van der Waals surface area (Å²) in [6.07, 6.45) is 1.59. The molecule has 0 bridgehead atoms. The van der Waals surface area contributed by atoms with Crippen molar-refractivity contribution in [2.75, 3.05) is 11.2 Å². The number of anilines is 1. The number of hydrogen-bond donors (Lipinski definition) is 2. The van der Waals surface area contributed by atoms with E-state index >= 15 is 0 Å². The molecule has 1 aromatic heterocycles. The number of rotatable bonds is 5. The number of pyridine rings is 1. The first-order valence-corrected chi connectivity index (χ1v) is 8.43. The van der Waals surface area contributed by atoms with E-state index < -0.39 is 0 Å². The Hall–Kier alpha value is -1.14. The molecule has 2 N–H and O–H groups in total. The topological polar surface area (TPSA) is 54.0 Å². The maximum atomic E-state index is 12.1. The molecule has 1 aromatic carbocycles. The molecule has 116 valence electrons. The Balaban J connectivity index is 2.09. The second-order valence-electron chi connectivity index (χ2n) is 4.14. The lowest BCUT2D eigenvalue weighted by molar-refractivity contribution is 0.0962. The van der Waals surface area contributed by atoms with Crippen LogP contribution in [-0.4, -0.2) is 16.6 Å². The highest BCUT2D eigenvalue weighted by Gasteiger charge is 2.11. The van der Waals surface area contributed by atoms with Gasteiger partial charge in [0.25, 0.3) is 5.91 Å². The first-order valence-electron chi connectivity index (χ1n) is 6.31. The molecule has 8 heteroatoms. The minimum Gasteiger partial charge on any atom is -0.295 e. The number of hydrazine groups is 1. The molecule has 1 amide bonds. The van der Waals surface area contributed by atoms with E-state index in [1.807, 2.05) is 6.92 Å². The van der Waals surface area contributed by atoms with Gasteiger partial charge < -0.3 is 0 Å². The lowest BCUT2D eigenvalue weighted by atomic mass is 10.2. The Morgan fingerprint density at radius 3 is 2.55 bits per heavy atom. The van der Waals surface area contributed by atoms with Crippen LogP contribution in [0.1, 0.15) is 17.3 Å². The van der Waals surface area contributed by atoms with Gasteiger partial charge in [0.15, 0.2) is 0 Å². The number of amides is 1. The van der Waals surface area contributed by atoms with Crippen molar-refractivity contribution in [1.82, 2.24) is 10.4 Å². The molecule has 0 aliphatic heterocycles. The Labute approximate surface area is 147 Å². The molecule has 0 saturated heterocycles. The van der Waals surface area contributed by atoms with Gasteiger partial charge in [-0.15, -0.1) is 11.8 Å². The van der Waals surface area contributed by atoms with Crippen molar-refractivity contribution >= 4 is 58.2 Å². The zero-order valence-corrected chi connectivity index (χ0v) is 14.6. The number of aromatic nitrogens is 1. The fourth-order valence-corrected chi connectivity index (χ4v) is 3.18. The lowest BCUT2D eigenvalue weighted by Crippen LogP contribution is -2.29. The van der Waals surface area contributed by atoms with Crippen LogP contribution in [0.4, 0.5) is 5.69 Å². The summed E-state index contributed by atoms with van der Waals surface area (Å²) in [6.45, 7) is 2.02. The zero-order chi connectivity index (χ0) is 16.1. The van der Waals surface area contributed by atoms with Gasteiger partial charge in [-0.2, -0.15) is 0 Å². The van der Waals surface area contributed by atoms with Crippen molar-refractivity contribution in [2.24, 2.45) is 0 Å². The molecule has 0 saturated carbocycles. The van der Waals surface area contributed by atoms with Crippen LogP contribution >= 0.6 is 46.6 Å². The minimum absolute atomic E-state index is 0.315. The summed E-state index contributed by atoms with van der Waals surface area (Å²) in [5.41, 5.74) is 6.13. The van der Waals surface area contributed by atoms with Crippen LogP contribution in [0, 0.1) is 0 Å². The highest BCUT2D eigenvalue weighted by Crippen LogP contribution is 2.33. The number of halogens is 3. The van der Waals surface area contributed by atoms with Crippen LogP contribution in [-0.2, 0) is 0 Å². The van der Waals surface area contributed by atoms with Crippen molar-refractivity contribution < 1.29 is 4.79 Å². The molecule has 0 spiro atoms. The van der Waals surface area contributed by atoms with E-state index in [1.54, 1.807) is 30.1 Å². The average molecular weight is 377 g/mol. The van der Waals surface area contributed by atoms with Crippen LogP contribution in [0.2, 0.25) is 15.1 Å². The average Bonchev–Trinajstić information content (AvgIpc) is 2.46. The van der Waals surface area contributed by atoms with E-state index in [4.69, 9.17) is 34.8 Å². The smallest absolute Gasteiger partial charge is 0.269 e. The number of thioether (sulfide) groups is 1. The van der Waals surface area contributed by atoms with Crippen LogP contribution in [0.3, 0.4) is 0 Å². The molecule has 1 heterocycles. The molecule has 0 radical (unpaired) electrons. The SMILES string of the molecule is CCSc1cc(C(=O)NNc2c(Cl)cc(Cl)cc2Cl)ccn1. The van der Waals surface area contributed by atoms with Crippen LogP contribution < -0.4 is 10.9 Å². The maximum Gasteiger partial charge on any atom is 0.269 e. The second kappa shape index (κ2) is 7.92. The summed E-state index contributed by atoms with van der Waals surface area (Å²) in [6, 6.07) is 6.41. The molecule has 2 rings (SSSR count). The molecule has 2 aromatic rings. The Morgan fingerprint density at radius 1 is 1.23 bits per heavy atom. The van der Waals surface area contributed by atoms with Gasteiger partial charge in [0.05, 0.1) is 20.8 Å². The summed E-state index contributed by atoms with van der Waals surface area (Å²) in [7, 11) is 0. The first kappa shape index (κ1) is 17.2. The number of carbonyl (C=O) groups excluding carboxylic acids is 1. The van der Waals surface area contributed by atoms with E-state index in [1.165, 1.54) is 12.1 Å². The van der Waals surface area contributed by atoms with Gasteiger partial charge in [-0.05, 0) is 30.0 Å². The Kier molecular flexibility index (Phi) is 6.20. The number of benzene rings is 1. The van der Waals surface area contributed by atoms with Crippen LogP contribution in [0.25, 0.3) is 0 Å². The second-order valence-corrected chi connectivity index (χ2v) is 6.67. The molecule has 4 nitrogen and oxygen atoms in total. The van der Waals surface area contributed by atoms with E-state index in [2.05, 4.69) is 15.8 Å². The summed E-state index contributed by atoms with van der Waals surface area (Å²) >= 11 is 19.5. The molecular weight excluding hydrogens is 365 g/mol. The summed E-state index contributed by atoms with van der Waals surface area (Å²) < 4.78 is 0. The van der Waals surface area contributed by atoms with Crippen LogP contribution in [0.5, 0.6) is 0 Å². The molecule has 0 atom stereocenters.